The van der Waals surface area contributed by atoms with Crippen LogP contribution < -0.4 is 10.6 Å². The Balaban J connectivity index is 1.89. The van der Waals surface area contributed by atoms with Crippen molar-refractivity contribution in [3.63, 3.8) is 0 Å². The largest absolute Gasteiger partial charge is 0.347 e. The number of amides is 1. The fourth-order valence-corrected chi connectivity index (χ4v) is 1.66. The number of nitrogens with one attached hydrogen (secondary N) is 2. The van der Waals surface area contributed by atoms with Crippen LogP contribution >= 0.6 is 0 Å². The summed E-state index contributed by atoms with van der Waals surface area (Å²) >= 11 is 0. The van der Waals surface area contributed by atoms with Crippen LogP contribution in [0.5, 0.6) is 0 Å². The molecule has 2 aromatic heterocycles. The molecule has 1 amide bonds. The molecule has 0 saturated carbocycles. The molecule has 1 saturated heterocycles. The Morgan fingerprint density at radius 1 is 1.50 bits per heavy atom. The quantitative estimate of drug-likeness (QED) is 0.706. The lowest BCUT2D eigenvalue weighted by atomic mass is 10.1. The minimum Gasteiger partial charge on any atom is -0.347 e. The van der Waals surface area contributed by atoms with Gasteiger partial charge in [0.25, 0.3) is 5.91 Å². The molecule has 2 aromatic rings. The summed E-state index contributed by atoms with van der Waals surface area (Å²) in [6.45, 7) is 1.67. The van der Waals surface area contributed by atoms with E-state index in [9.17, 15) is 4.79 Å². The lowest BCUT2D eigenvalue weighted by Gasteiger charge is -2.27. The molecule has 0 radical (unpaired) electrons. The molecular formula is C10H11N5O. The molecule has 0 bridgehead atoms. The lowest BCUT2D eigenvalue weighted by molar-refractivity contribution is 0.0925. The van der Waals surface area contributed by atoms with Gasteiger partial charge in [0.05, 0.1) is 29.5 Å². The summed E-state index contributed by atoms with van der Waals surface area (Å²) in [6, 6.07) is 0.235. The van der Waals surface area contributed by atoms with Crippen LogP contribution in [0.25, 0.3) is 5.52 Å². The van der Waals surface area contributed by atoms with Crippen molar-refractivity contribution in [3.8, 4) is 0 Å². The van der Waals surface area contributed by atoms with Crippen molar-refractivity contribution in [1.29, 1.82) is 0 Å². The van der Waals surface area contributed by atoms with E-state index >= 15 is 0 Å². The number of hydrogen-bond donors (Lipinski definition) is 2. The van der Waals surface area contributed by atoms with E-state index in [1.807, 2.05) is 0 Å². The SMILES string of the molecule is O=C(NC1CNC1)c1cnn2ccncc12. The van der Waals surface area contributed by atoms with Crippen LogP contribution in [0.2, 0.25) is 0 Å². The predicted molar refractivity (Wildman–Crippen MR) is 57.1 cm³/mol. The highest BCUT2D eigenvalue weighted by molar-refractivity contribution is 6.00. The summed E-state index contributed by atoms with van der Waals surface area (Å²) in [5.41, 5.74) is 1.30. The third-order valence-electron chi connectivity index (χ3n) is 2.69. The zero-order valence-corrected chi connectivity index (χ0v) is 8.55. The number of aromatic nitrogens is 3. The van der Waals surface area contributed by atoms with E-state index in [1.165, 1.54) is 0 Å². The number of hydrogen-bond acceptors (Lipinski definition) is 4. The highest BCUT2D eigenvalue weighted by Gasteiger charge is 2.21. The van der Waals surface area contributed by atoms with Crippen molar-refractivity contribution in [2.24, 2.45) is 0 Å². The Morgan fingerprint density at radius 3 is 3.12 bits per heavy atom. The maximum atomic E-state index is 11.9. The Labute approximate surface area is 91.7 Å². The standard InChI is InChI=1S/C10H11N5O/c16-10(14-7-3-12-4-7)8-5-13-15-2-1-11-6-9(8)15/h1-2,5-7,12H,3-4H2,(H,14,16). The molecule has 1 aliphatic heterocycles. The Bertz CT molecular complexity index is 531. The van der Waals surface area contributed by atoms with E-state index in [-0.39, 0.29) is 11.9 Å². The molecule has 1 fully saturated rings. The van der Waals surface area contributed by atoms with Gasteiger partial charge in [-0.1, -0.05) is 0 Å². The van der Waals surface area contributed by atoms with Gasteiger partial charge in [-0.25, -0.2) is 4.52 Å². The molecule has 3 rings (SSSR count). The summed E-state index contributed by atoms with van der Waals surface area (Å²) in [5.74, 6) is -0.0884. The second-order valence-electron chi connectivity index (χ2n) is 3.79. The van der Waals surface area contributed by atoms with Gasteiger partial charge in [0.2, 0.25) is 0 Å². The number of fused-ring (bicyclic) bond motifs is 1. The third kappa shape index (κ3) is 1.43. The molecule has 2 N–H and O–H groups in total. The molecule has 6 heteroatoms. The first-order valence-corrected chi connectivity index (χ1v) is 5.13. The minimum atomic E-state index is -0.0884. The average molecular weight is 217 g/mol. The lowest BCUT2D eigenvalue weighted by Crippen LogP contribution is -2.56. The number of carbonyl (C=O) groups is 1. The topological polar surface area (TPSA) is 71.3 Å². The predicted octanol–water partition coefficient (Wildman–Crippen LogP) is -0.569. The van der Waals surface area contributed by atoms with Gasteiger partial charge in [-0.15, -0.1) is 0 Å². The summed E-state index contributed by atoms with van der Waals surface area (Å²) < 4.78 is 1.64. The van der Waals surface area contributed by atoms with E-state index < -0.39 is 0 Å². The Morgan fingerprint density at radius 2 is 2.38 bits per heavy atom. The average Bonchev–Trinajstić information content (AvgIpc) is 2.67. The highest BCUT2D eigenvalue weighted by Crippen LogP contribution is 2.08. The first kappa shape index (κ1) is 9.29. The minimum absolute atomic E-state index is 0.0884. The van der Waals surface area contributed by atoms with E-state index in [4.69, 9.17) is 0 Å². The number of nitrogens with zero attached hydrogens (tertiary/aromatic N) is 3. The summed E-state index contributed by atoms with van der Waals surface area (Å²) in [5, 5.41) is 10.1. The van der Waals surface area contributed by atoms with Gasteiger partial charge in [0.1, 0.15) is 0 Å². The van der Waals surface area contributed by atoms with Crippen LogP contribution in [0, 0.1) is 0 Å². The summed E-state index contributed by atoms with van der Waals surface area (Å²) in [4.78, 5) is 15.9. The zero-order chi connectivity index (χ0) is 11.0. The smallest absolute Gasteiger partial charge is 0.255 e. The van der Waals surface area contributed by atoms with E-state index in [0.29, 0.717) is 5.56 Å². The second-order valence-corrected chi connectivity index (χ2v) is 3.79. The maximum Gasteiger partial charge on any atom is 0.255 e. The van der Waals surface area contributed by atoms with Crippen LogP contribution in [0.1, 0.15) is 10.4 Å². The van der Waals surface area contributed by atoms with Gasteiger partial charge in [-0.05, 0) is 0 Å². The fraction of sp³-hybridized carbons (Fsp3) is 0.300. The monoisotopic (exact) mass is 217 g/mol. The van der Waals surface area contributed by atoms with Gasteiger partial charge >= 0.3 is 0 Å². The van der Waals surface area contributed by atoms with Gasteiger partial charge in [-0.3, -0.25) is 9.78 Å². The van der Waals surface area contributed by atoms with Crippen molar-refractivity contribution in [3.05, 3.63) is 30.4 Å². The summed E-state index contributed by atoms with van der Waals surface area (Å²) in [6.07, 6.45) is 6.56. The van der Waals surface area contributed by atoms with E-state index in [2.05, 4.69) is 20.7 Å². The molecule has 16 heavy (non-hydrogen) atoms. The van der Waals surface area contributed by atoms with Gasteiger partial charge < -0.3 is 10.6 Å². The molecule has 0 spiro atoms. The fourth-order valence-electron chi connectivity index (χ4n) is 1.66. The van der Waals surface area contributed by atoms with Crippen LogP contribution in [0.4, 0.5) is 0 Å². The first-order chi connectivity index (χ1) is 7.84. The maximum absolute atomic E-state index is 11.9. The highest BCUT2D eigenvalue weighted by atomic mass is 16.1. The molecule has 1 aliphatic rings. The van der Waals surface area contributed by atoms with Crippen LogP contribution in [-0.2, 0) is 0 Å². The third-order valence-corrected chi connectivity index (χ3v) is 2.69. The zero-order valence-electron chi connectivity index (χ0n) is 8.55. The molecule has 0 aliphatic carbocycles. The van der Waals surface area contributed by atoms with Crippen molar-refractivity contribution < 1.29 is 4.79 Å². The molecule has 0 aromatic carbocycles. The first-order valence-electron chi connectivity index (χ1n) is 5.13. The van der Waals surface area contributed by atoms with Gasteiger partial charge in [0.15, 0.2) is 0 Å². The number of rotatable bonds is 2. The van der Waals surface area contributed by atoms with Gasteiger partial charge in [-0.2, -0.15) is 5.10 Å². The molecule has 0 atom stereocenters. The van der Waals surface area contributed by atoms with E-state index in [1.54, 1.807) is 29.3 Å². The van der Waals surface area contributed by atoms with Crippen LogP contribution in [-0.4, -0.2) is 39.6 Å². The van der Waals surface area contributed by atoms with Crippen LogP contribution in [0.15, 0.2) is 24.8 Å². The Hall–Kier alpha value is -1.95. The van der Waals surface area contributed by atoms with Crippen molar-refractivity contribution in [1.82, 2.24) is 25.2 Å². The van der Waals surface area contributed by atoms with Gasteiger partial charge in [0, 0.05) is 25.5 Å². The molecule has 6 nitrogen and oxygen atoms in total. The molecule has 3 heterocycles. The van der Waals surface area contributed by atoms with Crippen molar-refractivity contribution >= 4 is 11.4 Å². The molecule has 82 valence electrons. The van der Waals surface area contributed by atoms with Crippen LogP contribution in [0.3, 0.4) is 0 Å². The second kappa shape index (κ2) is 3.57. The molecular weight excluding hydrogens is 206 g/mol. The van der Waals surface area contributed by atoms with Crippen molar-refractivity contribution in [2.45, 2.75) is 6.04 Å². The van der Waals surface area contributed by atoms with Crippen molar-refractivity contribution in [2.75, 3.05) is 13.1 Å². The molecule has 0 unspecified atom stereocenters. The summed E-state index contributed by atoms with van der Waals surface area (Å²) in [7, 11) is 0. The Kier molecular flexibility index (Phi) is 2.07. The normalized spacial score (nSPS) is 16.0. The number of carbonyl (C=O) groups excluding carboxylic acids is 1. The van der Waals surface area contributed by atoms with E-state index in [0.717, 1.165) is 18.6 Å².